The normalized spacial score (nSPS) is 10.6. The minimum absolute atomic E-state index is 0.150. The van der Waals surface area contributed by atoms with Gasteiger partial charge in [-0.15, -0.1) is 0 Å². The van der Waals surface area contributed by atoms with Crippen molar-refractivity contribution in [1.82, 2.24) is 14.8 Å². The van der Waals surface area contributed by atoms with Crippen molar-refractivity contribution in [3.05, 3.63) is 39.7 Å². The van der Waals surface area contributed by atoms with Gasteiger partial charge < -0.3 is 9.88 Å². The van der Waals surface area contributed by atoms with Crippen LogP contribution in [0.3, 0.4) is 0 Å². The summed E-state index contributed by atoms with van der Waals surface area (Å²) in [6.45, 7) is 5.04. The van der Waals surface area contributed by atoms with Crippen LogP contribution in [0.2, 0.25) is 0 Å². The molecular weight excluding hydrogens is 296 g/mol. The number of nitrogens with one attached hydrogen (secondary N) is 2. The summed E-state index contributed by atoms with van der Waals surface area (Å²) in [7, 11) is 0. The van der Waals surface area contributed by atoms with Gasteiger partial charge in [0.2, 0.25) is 5.91 Å². The quantitative estimate of drug-likeness (QED) is 0.537. The Labute approximate surface area is 135 Å². The molecule has 1 heterocycles. The molecular formula is C16H22N4OS. The fourth-order valence-electron chi connectivity index (χ4n) is 2.14. The van der Waals surface area contributed by atoms with Crippen molar-refractivity contribution in [2.75, 3.05) is 5.32 Å². The fourth-order valence-corrected chi connectivity index (χ4v) is 2.37. The summed E-state index contributed by atoms with van der Waals surface area (Å²) in [4.78, 5) is 11.4. The lowest BCUT2D eigenvalue weighted by atomic mass is 10.0. The number of hydrogen-bond donors (Lipinski definition) is 2. The largest absolute Gasteiger partial charge is 0.325 e. The summed E-state index contributed by atoms with van der Waals surface area (Å²) in [5, 5.41) is 11.8. The Morgan fingerprint density at radius 1 is 1.36 bits per heavy atom. The number of aromatic nitrogens is 3. The molecule has 1 aromatic rings. The first-order valence-electron chi connectivity index (χ1n) is 7.69. The third-order valence-corrected chi connectivity index (χ3v) is 3.90. The molecule has 1 aromatic heterocycles. The van der Waals surface area contributed by atoms with Crippen LogP contribution >= 0.6 is 12.2 Å². The number of benzene rings is 1. The Bertz CT molecular complexity index is 778. The molecule has 0 atom stereocenters. The van der Waals surface area contributed by atoms with Crippen molar-refractivity contribution < 1.29 is 4.79 Å². The summed E-state index contributed by atoms with van der Waals surface area (Å²) in [6.07, 6.45) is 5.63. The molecule has 0 bridgehead atoms. The number of aromatic amines is 1. The standard InChI is InChI=1S/C12H15NO.C4H7N3S/c1-2-3-4-5-12(14)13-11-8-9-6-7-10(9)11;1-2-7-3-5-6-4(7)8/h6-8H,2-5H2,1H3,(H,13,14);3H,2H2,1H3,(H,6,8). The summed E-state index contributed by atoms with van der Waals surface area (Å²) in [6, 6.07) is 6.12. The predicted molar refractivity (Wildman–Crippen MR) is 90.0 cm³/mol. The number of rotatable bonds is 6. The monoisotopic (exact) mass is 318 g/mol. The van der Waals surface area contributed by atoms with Crippen LogP contribution in [0.5, 0.6) is 0 Å². The zero-order valence-electron chi connectivity index (χ0n) is 13.1. The lowest BCUT2D eigenvalue weighted by Crippen LogP contribution is -2.13. The molecule has 0 spiro atoms. The van der Waals surface area contributed by atoms with Crippen LogP contribution in [-0.4, -0.2) is 20.7 Å². The molecule has 6 heteroatoms. The maximum atomic E-state index is 11.4. The number of hydrogen-bond acceptors (Lipinski definition) is 3. The topological polar surface area (TPSA) is 62.7 Å². The predicted octanol–water partition coefficient (Wildman–Crippen LogP) is 3.77. The van der Waals surface area contributed by atoms with Gasteiger partial charge in [-0.05, 0) is 36.8 Å². The second-order valence-electron chi connectivity index (χ2n) is 5.21. The Morgan fingerprint density at radius 3 is 2.59 bits per heavy atom. The van der Waals surface area contributed by atoms with Crippen LogP contribution in [0.4, 0.5) is 5.69 Å². The average Bonchev–Trinajstić information content (AvgIpc) is 2.90. The Balaban J connectivity index is 0.000000188. The molecule has 5 nitrogen and oxygen atoms in total. The minimum atomic E-state index is 0.150. The van der Waals surface area contributed by atoms with Crippen LogP contribution in [0, 0.1) is 15.2 Å². The zero-order valence-corrected chi connectivity index (χ0v) is 13.9. The highest BCUT2D eigenvalue weighted by Crippen LogP contribution is 2.21. The highest BCUT2D eigenvalue weighted by Gasteiger charge is 2.08. The Hall–Kier alpha value is -1.95. The number of carbonyl (C=O) groups is 1. The van der Waals surface area contributed by atoms with E-state index in [1.54, 1.807) is 6.33 Å². The van der Waals surface area contributed by atoms with E-state index in [9.17, 15) is 4.79 Å². The van der Waals surface area contributed by atoms with E-state index in [0.29, 0.717) is 11.2 Å². The third-order valence-electron chi connectivity index (χ3n) is 3.57. The van der Waals surface area contributed by atoms with Crippen molar-refractivity contribution in [2.45, 2.75) is 46.1 Å². The van der Waals surface area contributed by atoms with Gasteiger partial charge in [-0.1, -0.05) is 31.9 Å². The fraction of sp³-hybridized carbons (Fsp3) is 0.438. The average molecular weight is 318 g/mol. The Kier molecular flexibility index (Phi) is 5.89. The first-order valence-corrected chi connectivity index (χ1v) is 8.10. The lowest BCUT2D eigenvalue weighted by Gasteiger charge is -2.12. The number of H-pyrrole nitrogens is 1. The smallest absolute Gasteiger partial charge is 0.224 e. The van der Waals surface area contributed by atoms with Gasteiger partial charge >= 0.3 is 0 Å². The highest BCUT2D eigenvalue weighted by molar-refractivity contribution is 7.71. The number of nitrogens with zero attached hydrogens (tertiary/aromatic N) is 2. The molecule has 3 rings (SSSR count). The molecule has 0 aromatic carbocycles. The molecule has 0 radical (unpaired) electrons. The molecule has 2 aliphatic carbocycles. The number of aryl methyl sites for hydroxylation is 1. The molecule has 22 heavy (non-hydrogen) atoms. The van der Waals surface area contributed by atoms with E-state index in [4.69, 9.17) is 12.2 Å². The van der Waals surface area contributed by atoms with Gasteiger partial charge in [0.15, 0.2) is 4.77 Å². The number of amides is 1. The van der Waals surface area contributed by atoms with Crippen LogP contribution in [-0.2, 0) is 11.3 Å². The highest BCUT2D eigenvalue weighted by atomic mass is 32.1. The summed E-state index contributed by atoms with van der Waals surface area (Å²) in [5.41, 5.74) is 1.00. The van der Waals surface area contributed by atoms with Gasteiger partial charge in [0.25, 0.3) is 0 Å². The second kappa shape index (κ2) is 7.89. The second-order valence-corrected chi connectivity index (χ2v) is 5.60. The Morgan fingerprint density at radius 2 is 2.18 bits per heavy atom. The molecule has 0 saturated heterocycles. The number of unbranched alkanes of at least 4 members (excludes halogenated alkanes) is 2. The van der Waals surface area contributed by atoms with Crippen molar-refractivity contribution in [1.29, 1.82) is 0 Å². The summed E-state index contributed by atoms with van der Waals surface area (Å²) in [5.74, 6) is 0.150. The first-order chi connectivity index (χ1) is 10.7. The van der Waals surface area contributed by atoms with E-state index in [0.717, 1.165) is 31.5 Å². The van der Waals surface area contributed by atoms with Crippen molar-refractivity contribution in [3.63, 3.8) is 0 Å². The molecule has 2 aliphatic rings. The molecule has 2 N–H and O–H groups in total. The van der Waals surface area contributed by atoms with E-state index >= 15 is 0 Å². The van der Waals surface area contributed by atoms with Gasteiger partial charge in [-0.25, -0.2) is 0 Å². The molecule has 0 unspecified atom stereocenters. The van der Waals surface area contributed by atoms with Crippen molar-refractivity contribution >= 4 is 23.8 Å². The van der Waals surface area contributed by atoms with Crippen LogP contribution in [0.1, 0.15) is 39.5 Å². The molecule has 118 valence electrons. The van der Waals surface area contributed by atoms with Gasteiger partial charge in [-0.3, -0.25) is 9.89 Å². The zero-order chi connectivity index (χ0) is 15.9. The number of carbonyl (C=O) groups excluding carboxylic acids is 1. The van der Waals surface area contributed by atoms with E-state index in [2.05, 4.69) is 28.5 Å². The van der Waals surface area contributed by atoms with Gasteiger partial charge in [0.1, 0.15) is 6.33 Å². The van der Waals surface area contributed by atoms with Crippen LogP contribution in [0.15, 0.2) is 24.5 Å². The lowest BCUT2D eigenvalue weighted by molar-refractivity contribution is -0.116. The molecule has 0 aliphatic heterocycles. The van der Waals surface area contributed by atoms with Crippen molar-refractivity contribution in [2.24, 2.45) is 0 Å². The van der Waals surface area contributed by atoms with E-state index < -0.39 is 0 Å². The van der Waals surface area contributed by atoms with E-state index in [1.165, 1.54) is 10.4 Å². The summed E-state index contributed by atoms with van der Waals surface area (Å²) >= 11 is 4.83. The maximum Gasteiger partial charge on any atom is 0.224 e. The van der Waals surface area contributed by atoms with E-state index in [1.807, 2.05) is 23.6 Å². The minimum Gasteiger partial charge on any atom is -0.325 e. The first kappa shape index (κ1) is 16.4. The molecule has 0 saturated carbocycles. The summed E-state index contributed by atoms with van der Waals surface area (Å²) < 4.78 is 2.54. The molecule has 1 amide bonds. The maximum absolute atomic E-state index is 11.4. The third kappa shape index (κ3) is 4.04. The van der Waals surface area contributed by atoms with Crippen LogP contribution in [0.25, 0.3) is 0 Å². The number of anilines is 1. The van der Waals surface area contributed by atoms with Gasteiger partial charge in [0.05, 0.1) is 0 Å². The molecule has 0 fully saturated rings. The van der Waals surface area contributed by atoms with Crippen molar-refractivity contribution in [3.8, 4) is 0 Å². The van der Waals surface area contributed by atoms with E-state index in [-0.39, 0.29) is 5.91 Å². The SMILES string of the molecule is CCCCCC(=O)Nc1cc2ccc1=2.CCn1cn[nH]c1=S. The van der Waals surface area contributed by atoms with Gasteiger partial charge in [0, 0.05) is 23.9 Å². The van der Waals surface area contributed by atoms with Crippen LogP contribution < -0.4 is 5.32 Å². The van der Waals surface area contributed by atoms with Gasteiger partial charge in [-0.2, -0.15) is 5.10 Å².